The minimum absolute atomic E-state index is 0.144. The van der Waals surface area contributed by atoms with Crippen LogP contribution in [0.25, 0.3) is 0 Å². The Kier molecular flexibility index (Phi) is 3.67. The van der Waals surface area contributed by atoms with Crippen LogP contribution in [-0.4, -0.2) is 28.8 Å². The Labute approximate surface area is 120 Å². The predicted octanol–water partition coefficient (Wildman–Crippen LogP) is 3.21. The lowest BCUT2D eigenvalue weighted by Gasteiger charge is -2.26. The predicted molar refractivity (Wildman–Crippen MR) is 79.4 cm³/mol. The Bertz CT molecular complexity index is 522. The van der Waals surface area contributed by atoms with Crippen molar-refractivity contribution in [3.8, 4) is 5.75 Å². The number of phenolic OH excluding ortho intramolecular Hbond substituents is 1. The molecule has 1 aromatic carbocycles. The lowest BCUT2D eigenvalue weighted by Crippen LogP contribution is -2.32. The standard InChI is InChI=1S/C16H23NO3/c1-10(2)17-9-11(8-16(3,4)15(19)20)13-7-12(18)5-6-14(13)17/h5-7,10-11,18H,8-9H2,1-4H3,(H,19,20). The first kappa shape index (κ1) is 14.7. The van der Waals surface area contributed by atoms with E-state index in [1.807, 2.05) is 6.07 Å². The number of carboxylic acids is 1. The van der Waals surface area contributed by atoms with Gasteiger partial charge in [0.2, 0.25) is 0 Å². The molecule has 110 valence electrons. The zero-order valence-corrected chi connectivity index (χ0v) is 12.6. The molecule has 0 spiro atoms. The SMILES string of the molecule is CC(C)N1CC(CC(C)(C)C(=O)O)c2cc(O)ccc21. The van der Waals surface area contributed by atoms with Crippen LogP contribution >= 0.6 is 0 Å². The van der Waals surface area contributed by atoms with Gasteiger partial charge in [-0.3, -0.25) is 4.79 Å². The van der Waals surface area contributed by atoms with Crippen molar-refractivity contribution < 1.29 is 15.0 Å². The average Bonchev–Trinajstić information content (AvgIpc) is 2.67. The molecule has 4 nitrogen and oxygen atoms in total. The van der Waals surface area contributed by atoms with E-state index in [4.69, 9.17) is 0 Å². The summed E-state index contributed by atoms with van der Waals surface area (Å²) in [5.41, 5.74) is 1.41. The van der Waals surface area contributed by atoms with Gasteiger partial charge in [-0.05, 0) is 57.9 Å². The van der Waals surface area contributed by atoms with Gasteiger partial charge in [-0.15, -0.1) is 0 Å². The van der Waals surface area contributed by atoms with Crippen LogP contribution in [0.4, 0.5) is 5.69 Å². The van der Waals surface area contributed by atoms with Gasteiger partial charge in [0.05, 0.1) is 5.41 Å². The Hall–Kier alpha value is -1.71. The number of carboxylic acid groups (broad SMARTS) is 1. The van der Waals surface area contributed by atoms with Crippen molar-refractivity contribution in [1.82, 2.24) is 0 Å². The molecule has 0 bridgehead atoms. The second-order valence-corrected chi connectivity index (χ2v) is 6.58. The Morgan fingerprint density at radius 1 is 1.45 bits per heavy atom. The van der Waals surface area contributed by atoms with Crippen molar-refractivity contribution in [2.45, 2.75) is 46.1 Å². The number of hydrogen-bond donors (Lipinski definition) is 2. The molecular formula is C16H23NO3. The highest BCUT2D eigenvalue weighted by atomic mass is 16.4. The summed E-state index contributed by atoms with van der Waals surface area (Å²) in [5.74, 6) is -0.389. The summed E-state index contributed by atoms with van der Waals surface area (Å²) < 4.78 is 0. The van der Waals surface area contributed by atoms with Crippen LogP contribution < -0.4 is 4.90 Å². The van der Waals surface area contributed by atoms with Crippen molar-refractivity contribution in [1.29, 1.82) is 0 Å². The second kappa shape index (κ2) is 5.00. The van der Waals surface area contributed by atoms with Gasteiger partial charge in [0, 0.05) is 24.2 Å². The lowest BCUT2D eigenvalue weighted by atomic mass is 9.81. The van der Waals surface area contributed by atoms with Gasteiger partial charge >= 0.3 is 5.97 Å². The van der Waals surface area contributed by atoms with Crippen LogP contribution in [0.5, 0.6) is 5.75 Å². The number of benzene rings is 1. The third-order valence-corrected chi connectivity index (χ3v) is 4.14. The number of anilines is 1. The number of phenols is 1. The van der Waals surface area contributed by atoms with Crippen molar-refractivity contribution in [3.05, 3.63) is 23.8 Å². The van der Waals surface area contributed by atoms with E-state index in [1.165, 1.54) is 0 Å². The number of nitrogens with zero attached hydrogens (tertiary/aromatic N) is 1. The highest BCUT2D eigenvalue weighted by Crippen LogP contribution is 2.44. The highest BCUT2D eigenvalue weighted by Gasteiger charge is 2.37. The van der Waals surface area contributed by atoms with E-state index in [1.54, 1.807) is 26.0 Å². The summed E-state index contributed by atoms with van der Waals surface area (Å²) in [6.07, 6.45) is 0.571. The zero-order chi connectivity index (χ0) is 15.1. The van der Waals surface area contributed by atoms with Crippen LogP contribution in [0.1, 0.15) is 45.6 Å². The van der Waals surface area contributed by atoms with Crippen LogP contribution in [0.2, 0.25) is 0 Å². The Morgan fingerprint density at radius 3 is 2.65 bits per heavy atom. The van der Waals surface area contributed by atoms with E-state index in [0.717, 1.165) is 17.8 Å². The van der Waals surface area contributed by atoms with Gasteiger partial charge in [0.25, 0.3) is 0 Å². The van der Waals surface area contributed by atoms with Crippen LogP contribution in [0, 0.1) is 5.41 Å². The van der Waals surface area contributed by atoms with Crippen LogP contribution in [0.3, 0.4) is 0 Å². The van der Waals surface area contributed by atoms with Crippen molar-refractivity contribution in [2.75, 3.05) is 11.4 Å². The molecule has 0 fully saturated rings. The van der Waals surface area contributed by atoms with E-state index in [9.17, 15) is 15.0 Å². The van der Waals surface area contributed by atoms with E-state index in [0.29, 0.717) is 12.5 Å². The average molecular weight is 277 g/mol. The molecule has 0 saturated carbocycles. The minimum atomic E-state index is -0.776. The van der Waals surface area contributed by atoms with Gasteiger partial charge < -0.3 is 15.1 Å². The Balaban J connectivity index is 2.34. The molecule has 0 aromatic heterocycles. The summed E-state index contributed by atoms with van der Waals surface area (Å²) >= 11 is 0. The van der Waals surface area contributed by atoms with E-state index >= 15 is 0 Å². The number of rotatable bonds is 4. The van der Waals surface area contributed by atoms with Gasteiger partial charge in [-0.2, -0.15) is 0 Å². The summed E-state index contributed by atoms with van der Waals surface area (Å²) in [4.78, 5) is 13.6. The summed E-state index contributed by atoms with van der Waals surface area (Å²) in [6, 6.07) is 5.76. The maximum Gasteiger partial charge on any atom is 0.309 e. The molecule has 20 heavy (non-hydrogen) atoms. The molecule has 1 heterocycles. The maximum absolute atomic E-state index is 11.3. The molecule has 0 aliphatic carbocycles. The topological polar surface area (TPSA) is 60.8 Å². The third kappa shape index (κ3) is 2.60. The van der Waals surface area contributed by atoms with Crippen molar-refractivity contribution in [3.63, 3.8) is 0 Å². The number of aliphatic carboxylic acids is 1. The molecule has 4 heteroatoms. The first-order chi connectivity index (χ1) is 9.22. The van der Waals surface area contributed by atoms with E-state index in [-0.39, 0.29) is 11.7 Å². The third-order valence-electron chi connectivity index (χ3n) is 4.14. The molecule has 0 radical (unpaired) electrons. The fourth-order valence-electron chi connectivity index (χ4n) is 2.93. The van der Waals surface area contributed by atoms with Crippen molar-refractivity contribution in [2.24, 2.45) is 5.41 Å². The van der Waals surface area contributed by atoms with Gasteiger partial charge in [0.15, 0.2) is 0 Å². The molecule has 1 aliphatic rings. The monoisotopic (exact) mass is 277 g/mol. The molecular weight excluding hydrogens is 254 g/mol. The fraction of sp³-hybridized carbons (Fsp3) is 0.562. The molecule has 0 amide bonds. The Morgan fingerprint density at radius 2 is 2.10 bits per heavy atom. The first-order valence-corrected chi connectivity index (χ1v) is 7.05. The smallest absolute Gasteiger partial charge is 0.309 e. The largest absolute Gasteiger partial charge is 0.508 e. The van der Waals surface area contributed by atoms with Crippen LogP contribution in [-0.2, 0) is 4.79 Å². The van der Waals surface area contributed by atoms with E-state index < -0.39 is 11.4 Å². The number of fused-ring (bicyclic) bond motifs is 1. The summed E-state index contributed by atoms with van der Waals surface area (Å²) in [7, 11) is 0. The first-order valence-electron chi connectivity index (χ1n) is 7.05. The van der Waals surface area contributed by atoms with Gasteiger partial charge in [-0.25, -0.2) is 0 Å². The second-order valence-electron chi connectivity index (χ2n) is 6.58. The minimum Gasteiger partial charge on any atom is -0.508 e. The fourth-order valence-corrected chi connectivity index (χ4v) is 2.93. The molecule has 1 unspecified atom stereocenters. The normalized spacial score (nSPS) is 18.4. The van der Waals surface area contributed by atoms with Crippen molar-refractivity contribution >= 4 is 11.7 Å². The van der Waals surface area contributed by atoms with Crippen LogP contribution in [0.15, 0.2) is 18.2 Å². The van der Waals surface area contributed by atoms with Gasteiger partial charge in [0.1, 0.15) is 5.75 Å². The molecule has 0 saturated heterocycles. The number of aromatic hydroxyl groups is 1. The number of hydrogen-bond acceptors (Lipinski definition) is 3. The zero-order valence-electron chi connectivity index (χ0n) is 12.6. The number of carbonyl (C=O) groups is 1. The molecule has 2 N–H and O–H groups in total. The molecule has 2 rings (SSSR count). The molecule has 1 aromatic rings. The highest BCUT2D eigenvalue weighted by molar-refractivity contribution is 5.74. The quantitative estimate of drug-likeness (QED) is 0.887. The lowest BCUT2D eigenvalue weighted by molar-refractivity contribution is -0.147. The maximum atomic E-state index is 11.3. The van der Waals surface area contributed by atoms with Gasteiger partial charge in [-0.1, -0.05) is 0 Å². The summed E-state index contributed by atoms with van der Waals surface area (Å²) in [5, 5.41) is 19.0. The summed E-state index contributed by atoms with van der Waals surface area (Å²) in [6.45, 7) is 8.58. The molecule has 1 atom stereocenters. The van der Waals surface area contributed by atoms with E-state index in [2.05, 4.69) is 18.7 Å². The molecule has 1 aliphatic heterocycles.